The number of aliphatic hydroxyl groups is 6. The summed E-state index contributed by atoms with van der Waals surface area (Å²) in [6, 6.07) is -4.13. The Balaban J connectivity index is 1.88. The number of nitrogens with two attached hydrogens (primary N) is 3. The maximum atomic E-state index is 11.9. The molecule has 1 saturated carbocycles. The zero-order valence-corrected chi connectivity index (χ0v) is 21.5. The van der Waals surface area contributed by atoms with Crippen molar-refractivity contribution >= 4 is 10.0 Å². The van der Waals surface area contributed by atoms with Gasteiger partial charge in [-0.25, -0.2) is 13.1 Å². The van der Waals surface area contributed by atoms with Gasteiger partial charge >= 0.3 is 0 Å². The summed E-state index contributed by atoms with van der Waals surface area (Å²) in [5.74, 6) is 0. The van der Waals surface area contributed by atoms with E-state index in [1.54, 1.807) is 6.92 Å². The van der Waals surface area contributed by atoms with Gasteiger partial charge in [0.15, 0.2) is 12.6 Å². The topological polar surface area (TPSA) is 283 Å². The molecule has 37 heavy (non-hydrogen) atoms. The lowest BCUT2D eigenvalue weighted by Gasteiger charge is -2.48. The highest BCUT2D eigenvalue weighted by atomic mass is 32.2. The minimum atomic E-state index is -3.79. The average molecular weight is 561 g/mol. The SMILES string of the molecule is C[C@@H](O)C1O[C@H](O[C@@H]2C(N)C[C@@H](NS(C)(=O)=O)C(O)C2O[C@@H]2O[C@H]([C@@H](C)N)C(O)C2O)C(N)C(O)[C@@H]1O. The van der Waals surface area contributed by atoms with Gasteiger partial charge in [0.05, 0.1) is 30.5 Å². The third kappa shape index (κ3) is 6.76. The highest BCUT2D eigenvalue weighted by Crippen LogP contribution is 2.33. The molecule has 0 radical (unpaired) electrons. The number of sulfonamides is 1. The molecule has 16 atom stereocenters. The molecule has 0 aromatic carbocycles. The van der Waals surface area contributed by atoms with Crippen LogP contribution in [0.3, 0.4) is 0 Å². The Bertz CT molecular complexity index is 868. The fourth-order valence-electron chi connectivity index (χ4n) is 4.92. The second-order valence-electron chi connectivity index (χ2n) is 10.2. The third-order valence-corrected chi connectivity index (χ3v) is 7.64. The van der Waals surface area contributed by atoms with Gasteiger partial charge in [-0.3, -0.25) is 0 Å². The van der Waals surface area contributed by atoms with Gasteiger partial charge in [0, 0.05) is 12.1 Å². The van der Waals surface area contributed by atoms with Crippen molar-refractivity contribution < 1.29 is 58.0 Å². The molecule has 0 spiro atoms. The van der Waals surface area contributed by atoms with E-state index in [1.165, 1.54) is 6.92 Å². The average Bonchev–Trinajstić information content (AvgIpc) is 3.06. The summed E-state index contributed by atoms with van der Waals surface area (Å²) >= 11 is 0. The van der Waals surface area contributed by atoms with E-state index in [-0.39, 0.29) is 6.42 Å². The van der Waals surface area contributed by atoms with Gasteiger partial charge in [-0.05, 0) is 20.3 Å². The second-order valence-corrected chi connectivity index (χ2v) is 11.9. The van der Waals surface area contributed by atoms with Gasteiger partial charge in [-0.1, -0.05) is 0 Å². The van der Waals surface area contributed by atoms with Gasteiger partial charge in [0.2, 0.25) is 10.0 Å². The van der Waals surface area contributed by atoms with Gasteiger partial charge < -0.3 is 66.8 Å². The van der Waals surface area contributed by atoms with Crippen molar-refractivity contribution in [1.29, 1.82) is 0 Å². The summed E-state index contributed by atoms with van der Waals surface area (Å²) in [4.78, 5) is 0. The molecule has 2 saturated heterocycles. The molecule has 0 bridgehead atoms. The molecule has 16 nitrogen and oxygen atoms in total. The Labute approximate surface area is 214 Å². The van der Waals surface area contributed by atoms with E-state index in [1.807, 2.05) is 0 Å². The van der Waals surface area contributed by atoms with Crippen molar-refractivity contribution in [3.05, 3.63) is 0 Å². The fourth-order valence-corrected chi connectivity index (χ4v) is 5.71. The zero-order chi connectivity index (χ0) is 28.0. The molecular formula is C20H40N4O12S. The van der Waals surface area contributed by atoms with Crippen LogP contribution in [0.5, 0.6) is 0 Å². The highest BCUT2D eigenvalue weighted by molar-refractivity contribution is 7.88. The molecule has 0 aromatic heterocycles. The van der Waals surface area contributed by atoms with Crippen LogP contribution in [0.4, 0.5) is 0 Å². The van der Waals surface area contributed by atoms with E-state index in [9.17, 15) is 39.1 Å². The summed E-state index contributed by atoms with van der Waals surface area (Å²) in [6.45, 7) is 2.88. The van der Waals surface area contributed by atoms with Gasteiger partial charge in [0.25, 0.3) is 0 Å². The normalized spacial score (nSPS) is 49.1. The number of hydrogen-bond acceptors (Lipinski definition) is 15. The predicted molar refractivity (Wildman–Crippen MR) is 125 cm³/mol. The number of aliphatic hydroxyl groups excluding tert-OH is 6. The van der Waals surface area contributed by atoms with Crippen LogP contribution >= 0.6 is 0 Å². The van der Waals surface area contributed by atoms with E-state index in [4.69, 9.17) is 36.1 Å². The lowest BCUT2D eigenvalue weighted by Crippen LogP contribution is -2.69. The first kappa shape index (κ1) is 30.9. The lowest BCUT2D eigenvalue weighted by molar-refractivity contribution is -0.315. The van der Waals surface area contributed by atoms with E-state index in [0.29, 0.717) is 0 Å². The molecule has 13 N–H and O–H groups in total. The summed E-state index contributed by atoms with van der Waals surface area (Å²) in [7, 11) is -3.79. The largest absolute Gasteiger partial charge is 0.391 e. The summed E-state index contributed by atoms with van der Waals surface area (Å²) in [5.41, 5.74) is 18.1. The van der Waals surface area contributed by atoms with Crippen molar-refractivity contribution in [1.82, 2.24) is 4.72 Å². The standard InChI is InChI=1S/C20H40N4O12S/c1-5(21)15-13(29)14(30)20(33-15)36-18-10(26)8(24-37(3,31)32)4-7(22)17(18)35-19-9(23)11(27)12(28)16(34-19)6(2)25/h5-20,24-30H,4,21-23H2,1-3H3/t5-,6-,7?,8-,9?,10?,11?,12+,13?,14?,15-,16?,17-,18?,19-,20+/m1/s1. The fraction of sp³-hybridized carbons (Fsp3) is 1.00. The van der Waals surface area contributed by atoms with Crippen molar-refractivity contribution in [2.45, 2.75) is 118 Å². The number of rotatable bonds is 8. The van der Waals surface area contributed by atoms with Gasteiger partial charge in [-0.15, -0.1) is 0 Å². The molecular weight excluding hydrogens is 520 g/mol. The first-order valence-corrected chi connectivity index (χ1v) is 13.9. The quantitative estimate of drug-likeness (QED) is 0.132. The molecule has 1 aliphatic carbocycles. The smallest absolute Gasteiger partial charge is 0.209 e. The minimum absolute atomic E-state index is 0.120. The molecule has 0 aromatic rings. The molecule has 17 heteroatoms. The van der Waals surface area contributed by atoms with Gasteiger partial charge in [-0.2, -0.15) is 0 Å². The minimum Gasteiger partial charge on any atom is -0.391 e. The zero-order valence-electron chi connectivity index (χ0n) is 20.7. The Hall–Kier alpha value is -0.610. The Morgan fingerprint density at radius 1 is 0.865 bits per heavy atom. The van der Waals surface area contributed by atoms with Crippen LogP contribution in [0, 0.1) is 0 Å². The molecule has 3 aliphatic rings. The predicted octanol–water partition coefficient (Wildman–Crippen LogP) is -6.28. The maximum absolute atomic E-state index is 11.9. The van der Waals surface area contributed by atoms with E-state index >= 15 is 0 Å². The van der Waals surface area contributed by atoms with Crippen LogP contribution < -0.4 is 21.9 Å². The van der Waals surface area contributed by atoms with E-state index in [2.05, 4.69) is 4.72 Å². The molecule has 3 rings (SSSR count). The van der Waals surface area contributed by atoms with Crippen molar-refractivity contribution in [3.8, 4) is 0 Å². The summed E-state index contributed by atoms with van der Waals surface area (Å²) in [5, 5.41) is 62.4. The second kappa shape index (κ2) is 11.9. The molecule has 8 unspecified atom stereocenters. The number of nitrogens with one attached hydrogen (secondary N) is 1. The maximum Gasteiger partial charge on any atom is 0.209 e. The third-order valence-electron chi connectivity index (χ3n) is 6.91. The number of ether oxygens (including phenoxy) is 4. The van der Waals surface area contributed by atoms with E-state index in [0.717, 1.165) is 6.26 Å². The Morgan fingerprint density at radius 3 is 1.92 bits per heavy atom. The highest BCUT2D eigenvalue weighted by Gasteiger charge is 2.53. The molecule has 0 amide bonds. The molecule has 218 valence electrons. The number of hydrogen-bond donors (Lipinski definition) is 10. The monoisotopic (exact) mass is 560 g/mol. The van der Waals surface area contributed by atoms with Crippen molar-refractivity contribution in [2.24, 2.45) is 17.2 Å². The summed E-state index contributed by atoms with van der Waals surface area (Å²) in [6.07, 6.45) is -16.1. The van der Waals surface area contributed by atoms with Gasteiger partial charge in [0.1, 0.15) is 48.8 Å². The van der Waals surface area contributed by atoms with Crippen molar-refractivity contribution in [2.75, 3.05) is 6.26 Å². The van der Waals surface area contributed by atoms with Crippen LogP contribution in [-0.2, 0) is 29.0 Å². The molecule has 2 aliphatic heterocycles. The summed E-state index contributed by atoms with van der Waals surface area (Å²) < 4.78 is 48.9. The van der Waals surface area contributed by atoms with Crippen LogP contribution in [0.25, 0.3) is 0 Å². The Kier molecular flexibility index (Phi) is 9.92. The molecule has 3 fully saturated rings. The van der Waals surface area contributed by atoms with Crippen LogP contribution in [0.1, 0.15) is 20.3 Å². The van der Waals surface area contributed by atoms with E-state index < -0.39 is 108 Å². The van der Waals surface area contributed by atoms with Crippen molar-refractivity contribution in [3.63, 3.8) is 0 Å². The first-order chi connectivity index (χ1) is 17.0. The van der Waals surface area contributed by atoms with Crippen LogP contribution in [0.2, 0.25) is 0 Å². The molecule has 2 heterocycles. The first-order valence-electron chi connectivity index (χ1n) is 12.0. The lowest BCUT2D eigenvalue weighted by atomic mass is 9.84. The van der Waals surface area contributed by atoms with Crippen LogP contribution in [-0.4, -0.2) is 143 Å². The Morgan fingerprint density at radius 2 is 1.41 bits per heavy atom. The van der Waals surface area contributed by atoms with Crippen LogP contribution in [0.15, 0.2) is 0 Å².